The molecule has 0 aliphatic carbocycles. The van der Waals surface area contributed by atoms with E-state index in [4.69, 9.17) is 9.47 Å². The minimum absolute atomic E-state index is 0.0419. The lowest BCUT2D eigenvalue weighted by molar-refractivity contribution is 0.176. The predicted octanol–water partition coefficient (Wildman–Crippen LogP) is 3.47. The molecule has 2 aromatic carbocycles. The number of fused-ring (bicyclic) bond motifs is 1. The van der Waals surface area contributed by atoms with Gasteiger partial charge in [-0.05, 0) is 42.2 Å². The molecule has 1 aliphatic heterocycles. The maximum atomic E-state index is 9.32. The molecule has 1 aliphatic rings. The van der Waals surface area contributed by atoms with Crippen LogP contribution in [0.25, 0.3) is 0 Å². The first-order valence-corrected chi connectivity index (χ1v) is 6.39. The zero-order valence-electron chi connectivity index (χ0n) is 10.8. The second-order valence-electron chi connectivity index (χ2n) is 4.71. The van der Waals surface area contributed by atoms with Crippen molar-refractivity contribution < 1.29 is 14.6 Å². The maximum absolute atomic E-state index is 9.32. The van der Waals surface area contributed by atoms with Crippen LogP contribution in [0.2, 0.25) is 0 Å². The van der Waals surface area contributed by atoms with E-state index in [0.29, 0.717) is 0 Å². The Morgan fingerprint density at radius 2 is 1.95 bits per heavy atom. The zero-order valence-corrected chi connectivity index (χ0v) is 10.8. The smallest absolute Gasteiger partial charge is 0.127 e. The summed E-state index contributed by atoms with van der Waals surface area (Å²) in [4.78, 5) is 0. The van der Waals surface area contributed by atoms with Crippen LogP contribution in [-0.4, -0.2) is 12.2 Å². The lowest BCUT2D eigenvalue weighted by Gasteiger charge is -2.26. The number of phenols is 1. The molecule has 0 fully saturated rings. The van der Waals surface area contributed by atoms with Gasteiger partial charge >= 0.3 is 0 Å². The number of aromatic hydroxyl groups is 1. The highest BCUT2D eigenvalue weighted by molar-refractivity contribution is 5.43. The maximum Gasteiger partial charge on any atom is 0.127 e. The normalized spacial score (nSPS) is 17.4. The zero-order chi connectivity index (χ0) is 13.2. The molecule has 0 amide bonds. The average molecular weight is 256 g/mol. The Hall–Kier alpha value is -2.16. The summed E-state index contributed by atoms with van der Waals surface area (Å²) in [6.45, 7) is 0. The van der Waals surface area contributed by atoms with Crippen molar-refractivity contribution in [1.82, 2.24) is 0 Å². The van der Waals surface area contributed by atoms with E-state index in [-0.39, 0.29) is 11.9 Å². The molecular weight excluding hydrogens is 240 g/mol. The first kappa shape index (κ1) is 11.9. The van der Waals surface area contributed by atoms with Gasteiger partial charge in [0.05, 0.1) is 7.11 Å². The average Bonchev–Trinajstić information content (AvgIpc) is 2.47. The van der Waals surface area contributed by atoms with Crippen LogP contribution in [0.1, 0.15) is 23.7 Å². The highest BCUT2D eigenvalue weighted by Gasteiger charge is 2.21. The second-order valence-corrected chi connectivity index (χ2v) is 4.71. The van der Waals surface area contributed by atoms with Crippen molar-refractivity contribution in [3.05, 3.63) is 53.6 Å². The number of benzene rings is 2. The summed E-state index contributed by atoms with van der Waals surface area (Å²) in [5.41, 5.74) is 2.31. The fourth-order valence-corrected chi connectivity index (χ4v) is 2.40. The molecule has 1 unspecified atom stereocenters. The number of phenolic OH excluding ortho intramolecular Hbond substituents is 1. The van der Waals surface area contributed by atoms with Gasteiger partial charge in [-0.1, -0.05) is 18.2 Å². The molecule has 19 heavy (non-hydrogen) atoms. The largest absolute Gasteiger partial charge is 0.508 e. The standard InChI is InChI=1S/C16H16O3/c1-18-14-8-4-12-5-9-15(19-16(12)10-14)11-2-6-13(17)7-3-11/h2-4,6-8,10,15,17H,5,9H2,1H3. The number of hydrogen-bond acceptors (Lipinski definition) is 3. The van der Waals surface area contributed by atoms with Crippen molar-refractivity contribution in [3.8, 4) is 17.2 Å². The summed E-state index contributed by atoms with van der Waals surface area (Å²) < 4.78 is 11.3. The van der Waals surface area contributed by atoms with E-state index in [1.54, 1.807) is 19.2 Å². The van der Waals surface area contributed by atoms with E-state index < -0.39 is 0 Å². The number of aryl methyl sites for hydroxylation is 1. The van der Waals surface area contributed by atoms with Crippen LogP contribution in [0, 0.1) is 0 Å². The van der Waals surface area contributed by atoms with Crippen LogP contribution in [-0.2, 0) is 6.42 Å². The molecule has 0 aromatic heterocycles. The minimum Gasteiger partial charge on any atom is -0.508 e. The molecule has 1 N–H and O–H groups in total. The van der Waals surface area contributed by atoms with E-state index in [0.717, 1.165) is 29.9 Å². The Balaban J connectivity index is 1.86. The number of ether oxygens (including phenoxy) is 2. The third-order valence-electron chi connectivity index (χ3n) is 3.48. The van der Waals surface area contributed by atoms with E-state index in [9.17, 15) is 5.11 Å². The van der Waals surface area contributed by atoms with Gasteiger partial charge in [0.2, 0.25) is 0 Å². The van der Waals surface area contributed by atoms with Crippen molar-refractivity contribution >= 4 is 0 Å². The summed E-state index contributed by atoms with van der Waals surface area (Å²) in [7, 11) is 1.65. The minimum atomic E-state index is 0.0419. The van der Waals surface area contributed by atoms with Crippen molar-refractivity contribution in [2.75, 3.05) is 7.11 Å². The van der Waals surface area contributed by atoms with Gasteiger partial charge in [-0.15, -0.1) is 0 Å². The third-order valence-corrected chi connectivity index (χ3v) is 3.48. The Labute approximate surface area is 112 Å². The summed E-state index contributed by atoms with van der Waals surface area (Å²) in [6.07, 6.45) is 1.98. The second kappa shape index (κ2) is 4.84. The molecule has 0 bridgehead atoms. The van der Waals surface area contributed by atoms with Crippen LogP contribution >= 0.6 is 0 Å². The monoisotopic (exact) mass is 256 g/mol. The highest BCUT2D eigenvalue weighted by atomic mass is 16.5. The van der Waals surface area contributed by atoms with Crippen LogP contribution in [0.4, 0.5) is 0 Å². The van der Waals surface area contributed by atoms with Crippen molar-refractivity contribution in [1.29, 1.82) is 0 Å². The van der Waals surface area contributed by atoms with Crippen molar-refractivity contribution in [2.45, 2.75) is 18.9 Å². The van der Waals surface area contributed by atoms with Crippen LogP contribution in [0.5, 0.6) is 17.2 Å². The first-order chi connectivity index (χ1) is 9.26. The summed E-state index contributed by atoms with van der Waals surface area (Å²) in [5.74, 6) is 1.98. The first-order valence-electron chi connectivity index (χ1n) is 6.39. The van der Waals surface area contributed by atoms with Gasteiger partial charge in [-0.3, -0.25) is 0 Å². The molecule has 0 radical (unpaired) electrons. The number of rotatable bonds is 2. The summed E-state index contributed by atoms with van der Waals surface area (Å²) in [6, 6.07) is 13.2. The molecule has 2 aromatic rings. The fraction of sp³-hybridized carbons (Fsp3) is 0.250. The highest BCUT2D eigenvalue weighted by Crippen LogP contribution is 2.37. The Morgan fingerprint density at radius 1 is 1.16 bits per heavy atom. The molecule has 1 atom stereocenters. The predicted molar refractivity (Wildman–Crippen MR) is 72.8 cm³/mol. The molecule has 1 heterocycles. The third kappa shape index (κ3) is 2.36. The molecular formula is C16H16O3. The van der Waals surface area contributed by atoms with Gasteiger partial charge in [0, 0.05) is 6.07 Å². The molecule has 0 spiro atoms. The van der Waals surface area contributed by atoms with Crippen LogP contribution in [0.15, 0.2) is 42.5 Å². The van der Waals surface area contributed by atoms with E-state index >= 15 is 0 Å². The van der Waals surface area contributed by atoms with E-state index in [2.05, 4.69) is 6.07 Å². The van der Waals surface area contributed by atoms with Crippen molar-refractivity contribution in [3.63, 3.8) is 0 Å². The van der Waals surface area contributed by atoms with Gasteiger partial charge < -0.3 is 14.6 Å². The molecule has 0 saturated heterocycles. The van der Waals surface area contributed by atoms with Gasteiger partial charge in [0.15, 0.2) is 0 Å². The Kier molecular flexibility index (Phi) is 3.03. The molecule has 98 valence electrons. The lowest BCUT2D eigenvalue weighted by atomic mass is 9.97. The summed E-state index contributed by atoms with van der Waals surface area (Å²) in [5, 5.41) is 9.32. The van der Waals surface area contributed by atoms with Crippen LogP contribution < -0.4 is 9.47 Å². The van der Waals surface area contributed by atoms with E-state index in [1.165, 1.54) is 5.56 Å². The molecule has 0 saturated carbocycles. The SMILES string of the molecule is COc1ccc2c(c1)OC(c1ccc(O)cc1)CC2. The van der Waals surface area contributed by atoms with Crippen molar-refractivity contribution in [2.24, 2.45) is 0 Å². The molecule has 3 rings (SSSR count). The lowest BCUT2D eigenvalue weighted by Crippen LogP contribution is -2.15. The van der Waals surface area contributed by atoms with Gasteiger partial charge in [0.25, 0.3) is 0 Å². The fourth-order valence-electron chi connectivity index (χ4n) is 2.40. The van der Waals surface area contributed by atoms with E-state index in [1.807, 2.05) is 24.3 Å². The van der Waals surface area contributed by atoms with Gasteiger partial charge in [0.1, 0.15) is 23.4 Å². The number of hydrogen-bond donors (Lipinski definition) is 1. The molecule has 3 nitrogen and oxygen atoms in total. The molecule has 3 heteroatoms. The summed E-state index contributed by atoms with van der Waals surface area (Å²) >= 11 is 0. The topological polar surface area (TPSA) is 38.7 Å². The Bertz CT molecular complexity index is 575. The van der Waals surface area contributed by atoms with Gasteiger partial charge in [-0.25, -0.2) is 0 Å². The van der Waals surface area contributed by atoms with Crippen LogP contribution in [0.3, 0.4) is 0 Å². The van der Waals surface area contributed by atoms with Gasteiger partial charge in [-0.2, -0.15) is 0 Å². The Morgan fingerprint density at radius 3 is 2.68 bits per heavy atom. The quantitative estimate of drug-likeness (QED) is 0.894. The number of methoxy groups -OCH3 is 1.